The van der Waals surface area contributed by atoms with Gasteiger partial charge in [-0.15, -0.1) is 0 Å². The van der Waals surface area contributed by atoms with Gasteiger partial charge in [0.15, 0.2) is 5.13 Å². The molecule has 3 aromatic rings. The van der Waals surface area contributed by atoms with E-state index in [0.29, 0.717) is 0 Å². The fraction of sp³-hybridized carbons (Fsp3) is 0.222. The van der Waals surface area contributed by atoms with Crippen molar-refractivity contribution in [3.8, 4) is 21.7 Å². The molecule has 1 aliphatic rings. The molecule has 1 fully saturated rings. The molecule has 1 aliphatic heterocycles. The van der Waals surface area contributed by atoms with Gasteiger partial charge in [-0.3, -0.25) is 4.98 Å². The number of rotatable bonds is 3. The second-order valence-corrected chi connectivity index (χ2v) is 6.61. The number of morpholine rings is 1. The van der Waals surface area contributed by atoms with E-state index in [0.717, 1.165) is 58.8 Å². The predicted octanol–water partition coefficient (Wildman–Crippen LogP) is 3.29. The van der Waals surface area contributed by atoms with Gasteiger partial charge in [-0.1, -0.05) is 23.5 Å². The van der Waals surface area contributed by atoms with E-state index in [-0.39, 0.29) is 0 Å². The highest BCUT2D eigenvalue weighted by molar-refractivity contribution is 7.19. The van der Waals surface area contributed by atoms with Crippen molar-refractivity contribution in [3.63, 3.8) is 0 Å². The van der Waals surface area contributed by atoms with Gasteiger partial charge in [0.25, 0.3) is 0 Å². The lowest BCUT2D eigenvalue weighted by Gasteiger charge is -2.26. The number of hydrogen-bond acceptors (Lipinski definition) is 6. The molecular formula is C18H18N4OS. The highest BCUT2D eigenvalue weighted by Crippen LogP contribution is 2.40. The summed E-state index contributed by atoms with van der Waals surface area (Å²) in [5, 5.41) is 1.03. The van der Waals surface area contributed by atoms with Crippen molar-refractivity contribution in [1.29, 1.82) is 0 Å². The normalized spacial score (nSPS) is 14.8. The van der Waals surface area contributed by atoms with E-state index in [1.165, 1.54) is 0 Å². The molecule has 122 valence electrons. The largest absolute Gasteiger partial charge is 0.399 e. The molecule has 0 amide bonds. The Hall–Kier alpha value is -2.44. The number of benzene rings is 1. The minimum atomic E-state index is 0.748. The molecule has 0 aliphatic carbocycles. The highest BCUT2D eigenvalue weighted by Gasteiger charge is 2.20. The molecular weight excluding hydrogens is 320 g/mol. The van der Waals surface area contributed by atoms with Crippen LogP contribution < -0.4 is 10.6 Å². The standard InChI is InChI=1S/C18H18N4OS/c19-15-3-1-2-14(12-15)17-16(13-4-6-20-7-5-13)21-18(24-17)22-8-10-23-11-9-22/h1-7,12H,8-11,19H2. The summed E-state index contributed by atoms with van der Waals surface area (Å²) in [6, 6.07) is 12.0. The molecule has 0 atom stereocenters. The van der Waals surface area contributed by atoms with E-state index < -0.39 is 0 Å². The van der Waals surface area contributed by atoms with Gasteiger partial charge in [-0.05, 0) is 29.8 Å². The summed E-state index contributed by atoms with van der Waals surface area (Å²) < 4.78 is 5.45. The number of nitrogens with two attached hydrogens (primary N) is 1. The maximum atomic E-state index is 5.98. The van der Waals surface area contributed by atoms with Gasteiger partial charge in [0.1, 0.15) is 0 Å². The smallest absolute Gasteiger partial charge is 0.186 e. The van der Waals surface area contributed by atoms with Crippen molar-refractivity contribution in [2.24, 2.45) is 0 Å². The molecule has 0 saturated carbocycles. The Balaban J connectivity index is 1.82. The quantitative estimate of drug-likeness (QED) is 0.743. The van der Waals surface area contributed by atoms with Gasteiger partial charge >= 0.3 is 0 Å². The maximum absolute atomic E-state index is 5.98. The zero-order valence-electron chi connectivity index (χ0n) is 13.2. The average Bonchev–Trinajstić information content (AvgIpc) is 3.09. The molecule has 5 nitrogen and oxygen atoms in total. The highest BCUT2D eigenvalue weighted by atomic mass is 32.1. The van der Waals surface area contributed by atoms with Gasteiger partial charge in [0.05, 0.1) is 23.8 Å². The molecule has 1 aromatic carbocycles. The van der Waals surface area contributed by atoms with Crippen LogP contribution in [0.5, 0.6) is 0 Å². The predicted molar refractivity (Wildman–Crippen MR) is 98.2 cm³/mol. The number of pyridine rings is 1. The topological polar surface area (TPSA) is 64.3 Å². The Kier molecular flexibility index (Phi) is 4.15. The molecule has 1 saturated heterocycles. The van der Waals surface area contributed by atoms with Crippen LogP contribution in [0.4, 0.5) is 10.8 Å². The lowest BCUT2D eigenvalue weighted by molar-refractivity contribution is 0.122. The number of hydrogen-bond donors (Lipinski definition) is 1. The molecule has 2 N–H and O–H groups in total. The first-order valence-corrected chi connectivity index (χ1v) is 8.73. The number of ether oxygens (including phenoxy) is 1. The third-order valence-electron chi connectivity index (χ3n) is 4.00. The van der Waals surface area contributed by atoms with E-state index in [1.54, 1.807) is 23.7 Å². The lowest BCUT2D eigenvalue weighted by Crippen LogP contribution is -2.36. The average molecular weight is 338 g/mol. The van der Waals surface area contributed by atoms with Crippen LogP contribution in [0.1, 0.15) is 0 Å². The Morgan fingerprint density at radius 3 is 2.58 bits per heavy atom. The van der Waals surface area contributed by atoms with Gasteiger partial charge in [0.2, 0.25) is 0 Å². The number of nitrogen functional groups attached to an aromatic ring is 1. The SMILES string of the molecule is Nc1cccc(-c2sc(N3CCOCC3)nc2-c2ccncc2)c1. The summed E-state index contributed by atoms with van der Waals surface area (Å²) in [5.41, 5.74) is 9.89. The Morgan fingerprint density at radius 2 is 1.83 bits per heavy atom. The van der Waals surface area contributed by atoms with Crippen LogP contribution in [0.15, 0.2) is 48.8 Å². The number of thiazole rings is 1. The van der Waals surface area contributed by atoms with Gasteiger partial charge in [-0.25, -0.2) is 4.98 Å². The molecule has 2 aromatic heterocycles. The van der Waals surface area contributed by atoms with Gasteiger partial charge in [0, 0.05) is 36.7 Å². The molecule has 6 heteroatoms. The minimum absolute atomic E-state index is 0.748. The monoisotopic (exact) mass is 338 g/mol. The molecule has 0 bridgehead atoms. The Labute approximate surface area is 144 Å². The van der Waals surface area contributed by atoms with Crippen LogP contribution in [0.3, 0.4) is 0 Å². The Morgan fingerprint density at radius 1 is 1.04 bits per heavy atom. The number of nitrogens with zero attached hydrogens (tertiary/aromatic N) is 3. The van der Waals surface area contributed by atoms with E-state index in [4.69, 9.17) is 15.5 Å². The molecule has 0 radical (unpaired) electrons. The van der Waals surface area contributed by atoms with Crippen LogP contribution in [0.2, 0.25) is 0 Å². The summed E-state index contributed by atoms with van der Waals surface area (Å²) >= 11 is 1.71. The van der Waals surface area contributed by atoms with Crippen molar-refractivity contribution < 1.29 is 4.74 Å². The maximum Gasteiger partial charge on any atom is 0.186 e. The van der Waals surface area contributed by atoms with Crippen molar-refractivity contribution in [3.05, 3.63) is 48.8 Å². The van der Waals surface area contributed by atoms with E-state index in [2.05, 4.69) is 16.0 Å². The van der Waals surface area contributed by atoms with E-state index in [1.807, 2.05) is 30.3 Å². The minimum Gasteiger partial charge on any atom is -0.399 e. The molecule has 0 unspecified atom stereocenters. The summed E-state index contributed by atoms with van der Waals surface area (Å²) in [6.07, 6.45) is 3.60. The van der Waals surface area contributed by atoms with Gasteiger partial charge < -0.3 is 15.4 Å². The van der Waals surface area contributed by atoms with Crippen molar-refractivity contribution in [2.75, 3.05) is 36.9 Å². The fourth-order valence-corrected chi connectivity index (χ4v) is 3.92. The lowest BCUT2D eigenvalue weighted by atomic mass is 10.1. The van der Waals surface area contributed by atoms with Crippen LogP contribution in [0, 0.1) is 0 Å². The molecule has 4 rings (SSSR count). The zero-order chi connectivity index (χ0) is 16.4. The first kappa shape index (κ1) is 15.1. The van der Waals surface area contributed by atoms with Crippen molar-refractivity contribution >= 4 is 22.2 Å². The zero-order valence-corrected chi connectivity index (χ0v) is 14.0. The number of aromatic nitrogens is 2. The van der Waals surface area contributed by atoms with Crippen LogP contribution >= 0.6 is 11.3 Å². The Bertz CT molecular complexity index is 828. The number of anilines is 2. The second-order valence-electron chi connectivity index (χ2n) is 5.63. The first-order valence-electron chi connectivity index (χ1n) is 7.91. The van der Waals surface area contributed by atoms with E-state index in [9.17, 15) is 0 Å². The molecule has 0 spiro atoms. The molecule has 3 heterocycles. The second kappa shape index (κ2) is 6.59. The summed E-state index contributed by atoms with van der Waals surface area (Å²) in [4.78, 5) is 12.5. The van der Waals surface area contributed by atoms with Crippen LogP contribution in [0.25, 0.3) is 21.7 Å². The third kappa shape index (κ3) is 2.98. The first-order chi connectivity index (χ1) is 11.8. The third-order valence-corrected chi connectivity index (χ3v) is 5.17. The summed E-state index contributed by atoms with van der Waals surface area (Å²) in [7, 11) is 0. The summed E-state index contributed by atoms with van der Waals surface area (Å²) in [6.45, 7) is 3.24. The molecule has 24 heavy (non-hydrogen) atoms. The van der Waals surface area contributed by atoms with Crippen molar-refractivity contribution in [1.82, 2.24) is 9.97 Å². The van der Waals surface area contributed by atoms with Crippen molar-refractivity contribution in [2.45, 2.75) is 0 Å². The van der Waals surface area contributed by atoms with Crippen LogP contribution in [-0.4, -0.2) is 36.3 Å². The van der Waals surface area contributed by atoms with Gasteiger partial charge in [-0.2, -0.15) is 0 Å². The fourth-order valence-electron chi connectivity index (χ4n) is 2.78. The van der Waals surface area contributed by atoms with E-state index >= 15 is 0 Å². The summed E-state index contributed by atoms with van der Waals surface area (Å²) in [5.74, 6) is 0. The van der Waals surface area contributed by atoms with Crippen LogP contribution in [-0.2, 0) is 4.74 Å².